The number of carboxylic acids is 1. The van der Waals surface area contributed by atoms with Crippen molar-refractivity contribution in [3.63, 3.8) is 0 Å². The van der Waals surface area contributed by atoms with E-state index >= 15 is 0 Å². The molecule has 9 heteroatoms. The summed E-state index contributed by atoms with van der Waals surface area (Å²) in [5.74, 6) is -0.342. The van der Waals surface area contributed by atoms with Crippen molar-refractivity contribution < 1.29 is 19.4 Å². The van der Waals surface area contributed by atoms with Crippen LogP contribution in [0.2, 0.25) is 0 Å². The zero-order valence-electron chi connectivity index (χ0n) is 21.0. The smallest absolute Gasteiger partial charge is 0.306 e. The third-order valence-corrected chi connectivity index (χ3v) is 7.31. The summed E-state index contributed by atoms with van der Waals surface area (Å²) in [6.07, 6.45) is 2.92. The van der Waals surface area contributed by atoms with Crippen LogP contribution >= 0.6 is 0 Å². The Morgan fingerprint density at radius 2 is 1.89 bits per heavy atom. The van der Waals surface area contributed by atoms with Gasteiger partial charge in [0.15, 0.2) is 0 Å². The lowest BCUT2D eigenvalue weighted by molar-refractivity contribution is -0.143. The number of rotatable bonds is 7. The molecule has 1 N–H and O–H groups in total. The van der Waals surface area contributed by atoms with Gasteiger partial charge in [-0.2, -0.15) is 0 Å². The molecule has 0 unspecified atom stereocenters. The number of ether oxygens (including phenoxy) is 1. The molecule has 1 aliphatic carbocycles. The Kier molecular flexibility index (Phi) is 7.23. The van der Waals surface area contributed by atoms with Crippen molar-refractivity contribution in [3.05, 3.63) is 72.3 Å². The van der Waals surface area contributed by atoms with Crippen molar-refractivity contribution in [1.29, 1.82) is 0 Å². The summed E-state index contributed by atoms with van der Waals surface area (Å²) < 4.78 is 7.88. The minimum absolute atomic E-state index is 0.000292. The Hall–Kier alpha value is -3.72. The molecule has 9 nitrogen and oxygen atoms in total. The second kappa shape index (κ2) is 10.7. The van der Waals surface area contributed by atoms with Crippen LogP contribution in [0.3, 0.4) is 0 Å². The van der Waals surface area contributed by atoms with E-state index in [4.69, 9.17) is 4.74 Å². The highest BCUT2D eigenvalue weighted by molar-refractivity contribution is 5.96. The van der Waals surface area contributed by atoms with Gasteiger partial charge in [-0.1, -0.05) is 23.4 Å². The van der Waals surface area contributed by atoms with Crippen molar-refractivity contribution >= 4 is 11.9 Å². The molecule has 2 heterocycles. The third-order valence-electron chi connectivity index (χ3n) is 7.31. The Morgan fingerprint density at radius 3 is 2.65 bits per heavy atom. The minimum Gasteiger partial charge on any atom is -0.490 e. The maximum absolute atomic E-state index is 13.0. The summed E-state index contributed by atoms with van der Waals surface area (Å²) in [7, 11) is 1.88. The molecule has 0 bridgehead atoms. The number of aryl methyl sites for hydroxylation is 1. The van der Waals surface area contributed by atoms with Gasteiger partial charge in [-0.3, -0.25) is 19.2 Å². The normalized spacial score (nSPS) is 20.2. The van der Waals surface area contributed by atoms with Gasteiger partial charge < -0.3 is 14.7 Å². The lowest BCUT2D eigenvalue weighted by Gasteiger charge is -2.27. The molecule has 1 radical (unpaired) electrons. The first-order valence-corrected chi connectivity index (χ1v) is 12.7. The molecule has 1 saturated heterocycles. The van der Waals surface area contributed by atoms with Crippen LogP contribution in [-0.4, -0.2) is 67.6 Å². The van der Waals surface area contributed by atoms with Gasteiger partial charge in [-0.05, 0) is 68.5 Å². The summed E-state index contributed by atoms with van der Waals surface area (Å²) in [6.45, 7) is 6.55. The fraction of sp³-hybridized carbons (Fsp3) is 0.393. The zero-order valence-corrected chi connectivity index (χ0v) is 21.0. The molecule has 1 amide bonds. The van der Waals surface area contributed by atoms with Crippen LogP contribution in [0, 0.1) is 12.8 Å². The van der Waals surface area contributed by atoms with Gasteiger partial charge in [0, 0.05) is 37.8 Å². The third kappa shape index (κ3) is 5.51. The van der Waals surface area contributed by atoms with Gasteiger partial charge in [0.2, 0.25) is 0 Å². The number of benzene rings is 2. The Labute approximate surface area is 216 Å². The van der Waals surface area contributed by atoms with Gasteiger partial charge >= 0.3 is 5.97 Å². The topological polar surface area (TPSA) is 101 Å². The maximum atomic E-state index is 13.0. The lowest BCUT2D eigenvalue weighted by atomic mass is 9.87. The van der Waals surface area contributed by atoms with Gasteiger partial charge in [0.25, 0.3) is 5.91 Å². The highest BCUT2D eigenvalue weighted by Crippen LogP contribution is 2.30. The fourth-order valence-electron chi connectivity index (χ4n) is 5.19. The predicted octanol–water partition coefficient (Wildman–Crippen LogP) is 3.60. The molecule has 1 aliphatic heterocycles. The van der Waals surface area contributed by atoms with Crippen LogP contribution in [0.25, 0.3) is 11.3 Å². The molecule has 3 aromatic rings. The SMILES string of the molecule is [CH2]c1ccccc1C(=O)N1CCN(Cc2c(-c3ccc(O[C@H]4CCC[C@H](C(=O)O)C4)cc3)nnn2C)C1. The number of carbonyl (C=O) groups is 2. The monoisotopic (exact) mass is 502 g/mol. The quantitative estimate of drug-likeness (QED) is 0.527. The fourth-order valence-corrected chi connectivity index (χ4v) is 5.19. The van der Waals surface area contributed by atoms with E-state index in [2.05, 4.69) is 22.1 Å². The van der Waals surface area contributed by atoms with E-state index in [1.165, 1.54) is 0 Å². The van der Waals surface area contributed by atoms with Crippen LogP contribution in [0.5, 0.6) is 5.75 Å². The summed E-state index contributed by atoms with van der Waals surface area (Å²) in [5.41, 5.74) is 4.08. The lowest BCUT2D eigenvalue weighted by Crippen LogP contribution is -2.31. The molecular weight excluding hydrogens is 470 g/mol. The van der Waals surface area contributed by atoms with E-state index in [1.807, 2.05) is 60.5 Å². The Balaban J connectivity index is 1.23. The van der Waals surface area contributed by atoms with Gasteiger partial charge in [0.05, 0.1) is 24.4 Å². The average Bonchev–Trinajstić information content (AvgIpc) is 3.52. The van der Waals surface area contributed by atoms with Crippen LogP contribution in [-0.2, 0) is 18.4 Å². The number of aliphatic carboxylic acids is 1. The van der Waals surface area contributed by atoms with Gasteiger partial charge in [-0.15, -0.1) is 5.10 Å². The van der Waals surface area contributed by atoms with Crippen molar-refractivity contribution in [2.24, 2.45) is 13.0 Å². The van der Waals surface area contributed by atoms with Crippen molar-refractivity contribution in [3.8, 4) is 17.0 Å². The highest BCUT2D eigenvalue weighted by atomic mass is 16.5. The van der Waals surface area contributed by atoms with E-state index in [-0.39, 0.29) is 17.9 Å². The first kappa shape index (κ1) is 25.0. The van der Waals surface area contributed by atoms with Crippen molar-refractivity contribution in [1.82, 2.24) is 24.8 Å². The minimum atomic E-state index is -0.739. The van der Waals surface area contributed by atoms with Gasteiger partial charge in [0.1, 0.15) is 11.4 Å². The van der Waals surface area contributed by atoms with Crippen molar-refractivity contribution in [2.75, 3.05) is 19.8 Å². The molecule has 193 valence electrons. The standard InChI is InChI=1S/C28H32N5O4/c1-19-6-3-4-9-24(19)27(34)33-15-14-32(18-33)17-25-26(29-30-31(25)2)20-10-12-22(13-11-20)37-23-8-5-7-21(16-23)28(35)36/h3-4,6,9-13,21,23H,1,5,7-8,14-18H2,2H3,(H,35,36)/t21-,23-/m0/s1. The molecule has 5 rings (SSSR count). The Morgan fingerprint density at radius 1 is 1.11 bits per heavy atom. The van der Waals surface area contributed by atoms with Crippen LogP contribution in [0.4, 0.5) is 0 Å². The molecule has 37 heavy (non-hydrogen) atoms. The molecule has 1 saturated carbocycles. The highest BCUT2D eigenvalue weighted by Gasteiger charge is 2.29. The summed E-state index contributed by atoms with van der Waals surface area (Å²) in [6, 6.07) is 15.2. The van der Waals surface area contributed by atoms with Crippen LogP contribution in [0.1, 0.15) is 47.3 Å². The number of hydrogen-bond donors (Lipinski definition) is 1. The van der Waals surface area contributed by atoms with Crippen molar-refractivity contribution in [2.45, 2.75) is 38.3 Å². The van der Waals surface area contributed by atoms with E-state index in [0.29, 0.717) is 31.7 Å². The number of carboxylic acid groups (broad SMARTS) is 1. The van der Waals surface area contributed by atoms with Gasteiger partial charge in [-0.25, -0.2) is 0 Å². The molecule has 1 aromatic heterocycles. The molecule has 2 aliphatic rings. The Bertz CT molecular complexity index is 1270. The average molecular weight is 503 g/mol. The van der Waals surface area contributed by atoms with E-state index in [1.54, 1.807) is 4.68 Å². The summed E-state index contributed by atoms with van der Waals surface area (Å²) in [5, 5.41) is 18.0. The number of aromatic nitrogens is 3. The number of hydrogen-bond acceptors (Lipinski definition) is 6. The number of amides is 1. The summed E-state index contributed by atoms with van der Waals surface area (Å²) in [4.78, 5) is 28.4. The second-order valence-electron chi connectivity index (χ2n) is 9.89. The van der Waals surface area contributed by atoms with Crippen LogP contribution < -0.4 is 4.74 Å². The zero-order chi connectivity index (χ0) is 25.9. The maximum Gasteiger partial charge on any atom is 0.306 e. The second-order valence-corrected chi connectivity index (χ2v) is 9.89. The first-order chi connectivity index (χ1) is 17.9. The van der Waals surface area contributed by atoms with E-state index < -0.39 is 5.97 Å². The molecule has 0 spiro atoms. The predicted molar refractivity (Wildman–Crippen MR) is 138 cm³/mol. The van der Waals surface area contributed by atoms with E-state index in [9.17, 15) is 14.7 Å². The van der Waals surface area contributed by atoms with Crippen LogP contribution in [0.15, 0.2) is 48.5 Å². The largest absolute Gasteiger partial charge is 0.490 e. The molecular formula is C28H32N5O4. The first-order valence-electron chi connectivity index (χ1n) is 12.7. The molecule has 2 fully saturated rings. The molecule has 2 atom stereocenters. The molecule has 2 aromatic carbocycles. The number of nitrogens with zero attached hydrogens (tertiary/aromatic N) is 5. The van der Waals surface area contributed by atoms with E-state index in [0.717, 1.165) is 54.1 Å². The number of carbonyl (C=O) groups excluding carboxylic acids is 1. The summed E-state index contributed by atoms with van der Waals surface area (Å²) >= 11 is 0.